The summed E-state index contributed by atoms with van der Waals surface area (Å²) in [6, 6.07) is 6.63. The highest BCUT2D eigenvalue weighted by Gasteiger charge is 2.13. The molecule has 2 N–H and O–H groups in total. The van der Waals surface area contributed by atoms with Crippen molar-refractivity contribution in [2.24, 2.45) is 0 Å². The molecule has 0 aliphatic heterocycles. The van der Waals surface area contributed by atoms with Gasteiger partial charge in [-0.15, -0.1) is 0 Å². The first-order chi connectivity index (χ1) is 9.72. The predicted octanol–water partition coefficient (Wildman–Crippen LogP) is 2.47. The van der Waals surface area contributed by atoms with E-state index in [0.29, 0.717) is 16.4 Å². The number of pyridine rings is 2. The third kappa shape index (κ3) is 1.87. The first-order valence-corrected chi connectivity index (χ1v) is 5.87. The van der Waals surface area contributed by atoms with Gasteiger partial charge in [0.25, 0.3) is 0 Å². The zero-order valence-electron chi connectivity index (χ0n) is 10.3. The molecular formula is C14H10N2O4. The fourth-order valence-electron chi connectivity index (χ4n) is 2.27. The molecule has 0 spiro atoms. The maximum absolute atomic E-state index is 11.2. The Kier molecular flexibility index (Phi) is 3.02. The van der Waals surface area contributed by atoms with Gasteiger partial charge in [-0.05, 0) is 17.7 Å². The van der Waals surface area contributed by atoms with Crippen LogP contribution in [0.5, 0.6) is 0 Å². The molecule has 0 atom stereocenters. The third-order valence-electron chi connectivity index (χ3n) is 3.16. The fourth-order valence-corrected chi connectivity index (χ4v) is 2.27. The quantitative estimate of drug-likeness (QED) is 0.431. The van der Waals surface area contributed by atoms with Gasteiger partial charge in [0.1, 0.15) is 6.61 Å². The molecule has 1 aromatic carbocycles. The lowest BCUT2D eigenvalue weighted by atomic mass is 10.0. The van der Waals surface area contributed by atoms with E-state index in [0.717, 1.165) is 10.9 Å². The molecule has 0 aliphatic rings. The molecule has 6 nitrogen and oxygen atoms in total. The number of nitrogens with zero attached hydrogens (tertiary/aromatic N) is 2. The number of benzene rings is 1. The molecule has 20 heavy (non-hydrogen) atoms. The number of rotatable bonds is 3. The van der Waals surface area contributed by atoms with Crippen molar-refractivity contribution in [3.63, 3.8) is 0 Å². The molecule has 3 rings (SSSR count). The van der Waals surface area contributed by atoms with Crippen molar-refractivity contribution in [3.8, 4) is 0 Å². The average Bonchev–Trinajstić information content (AvgIpc) is 2.47. The van der Waals surface area contributed by atoms with E-state index in [1.165, 1.54) is 12.3 Å². The van der Waals surface area contributed by atoms with E-state index in [-0.39, 0.29) is 12.2 Å². The van der Waals surface area contributed by atoms with Gasteiger partial charge in [0, 0.05) is 23.2 Å². The van der Waals surface area contributed by atoms with Crippen molar-refractivity contribution in [1.82, 2.24) is 9.97 Å². The number of fused-ring (bicyclic) bond motifs is 3. The highest BCUT2D eigenvalue weighted by Crippen LogP contribution is 2.26. The van der Waals surface area contributed by atoms with Gasteiger partial charge in [-0.25, -0.2) is 9.68 Å². The van der Waals surface area contributed by atoms with Crippen LogP contribution in [-0.2, 0) is 11.5 Å². The average molecular weight is 270 g/mol. The van der Waals surface area contributed by atoms with Crippen LogP contribution in [0.1, 0.15) is 15.9 Å². The van der Waals surface area contributed by atoms with Crippen molar-refractivity contribution >= 4 is 27.8 Å². The van der Waals surface area contributed by atoms with Crippen molar-refractivity contribution in [2.45, 2.75) is 6.61 Å². The molecule has 0 amide bonds. The smallest absolute Gasteiger partial charge is 0.336 e. The van der Waals surface area contributed by atoms with Crippen molar-refractivity contribution < 1.29 is 20.0 Å². The molecule has 2 heterocycles. The summed E-state index contributed by atoms with van der Waals surface area (Å²) in [4.78, 5) is 23.9. The molecule has 0 aliphatic carbocycles. The molecule has 0 bridgehead atoms. The number of carbonyl (C=O) groups is 1. The van der Waals surface area contributed by atoms with Crippen molar-refractivity contribution in [1.29, 1.82) is 0 Å². The van der Waals surface area contributed by atoms with E-state index in [2.05, 4.69) is 14.9 Å². The minimum atomic E-state index is -1.01. The van der Waals surface area contributed by atoms with Crippen LogP contribution >= 0.6 is 0 Å². The minimum Gasteiger partial charge on any atom is -0.478 e. The molecule has 0 radical (unpaired) electrons. The molecule has 100 valence electrons. The molecule has 0 saturated carbocycles. The van der Waals surface area contributed by atoms with Crippen LogP contribution in [0.15, 0.2) is 36.7 Å². The van der Waals surface area contributed by atoms with Gasteiger partial charge in [0.15, 0.2) is 0 Å². The van der Waals surface area contributed by atoms with Crippen molar-refractivity contribution in [2.75, 3.05) is 0 Å². The Balaban J connectivity index is 2.40. The second-order valence-electron chi connectivity index (χ2n) is 4.27. The summed E-state index contributed by atoms with van der Waals surface area (Å²) in [5.41, 5.74) is 2.03. The second kappa shape index (κ2) is 4.84. The highest BCUT2D eigenvalue weighted by atomic mass is 17.1. The lowest BCUT2D eigenvalue weighted by molar-refractivity contribution is -0.252. The zero-order chi connectivity index (χ0) is 14.1. The molecule has 6 heteroatoms. The topological polar surface area (TPSA) is 92.5 Å². The van der Waals surface area contributed by atoms with Crippen LogP contribution in [0.25, 0.3) is 21.8 Å². The monoisotopic (exact) mass is 270 g/mol. The minimum absolute atomic E-state index is 0.0309. The normalized spacial score (nSPS) is 11.1. The second-order valence-corrected chi connectivity index (χ2v) is 4.27. The van der Waals surface area contributed by atoms with Crippen molar-refractivity contribution in [3.05, 3.63) is 47.8 Å². The number of carboxylic acid groups (broad SMARTS) is 1. The van der Waals surface area contributed by atoms with E-state index >= 15 is 0 Å². The SMILES string of the molecule is O=C(O)c1ccnc2c1ccc1c(COO)ccnc12. The summed E-state index contributed by atoms with van der Waals surface area (Å²) in [5.74, 6) is -1.01. The van der Waals surface area contributed by atoms with Crippen LogP contribution in [0, 0.1) is 0 Å². The summed E-state index contributed by atoms with van der Waals surface area (Å²) >= 11 is 0. The van der Waals surface area contributed by atoms with E-state index < -0.39 is 5.97 Å². The zero-order valence-corrected chi connectivity index (χ0v) is 10.3. The number of hydrogen-bond acceptors (Lipinski definition) is 5. The Bertz CT molecular complexity index is 817. The highest BCUT2D eigenvalue weighted by molar-refractivity contribution is 6.11. The van der Waals surface area contributed by atoms with Crippen LogP contribution in [0.4, 0.5) is 0 Å². The fraction of sp³-hybridized carbons (Fsp3) is 0.0714. The summed E-state index contributed by atoms with van der Waals surface area (Å²) in [6.07, 6.45) is 3.02. The number of aromatic carboxylic acids is 1. The number of hydrogen-bond donors (Lipinski definition) is 2. The van der Waals surface area contributed by atoms with Crippen LogP contribution < -0.4 is 0 Å². The maximum Gasteiger partial charge on any atom is 0.336 e. The molecule has 0 fully saturated rings. The Morgan fingerprint density at radius 2 is 1.70 bits per heavy atom. The standard InChI is InChI=1S/C14H10N2O4/c17-14(18)11-4-6-16-13-10(11)2-1-9-8(7-20-19)3-5-15-12(9)13/h1-6,19H,7H2,(H,17,18). The van der Waals surface area contributed by atoms with Gasteiger partial charge in [-0.1, -0.05) is 12.1 Å². The summed E-state index contributed by atoms with van der Waals surface area (Å²) < 4.78 is 0. The Morgan fingerprint density at radius 3 is 2.40 bits per heavy atom. The largest absolute Gasteiger partial charge is 0.478 e. The van der Waals surface area contributed by atoms with E-state index in [1.54, 1.807) is 24.4 Å². The van der Waals surface area contributed by atoms with Gasteiger partial charge in [-0.2, -0.15) is 0 Å². The predicted molar refractivity (Wildman–Crippen MR) is 71.4 cm³/mol. The molecule has 0 saturated heterocycles. The number of aromatic nitrogens is 2. The summed E-state index contributed by atoms with van der Waals surface area (Å²) in [6.45, 7) is 0.0309. The molecule has 3 aromatic rings. The Morgan fingerprint density at radius 1 is 1.05 bits per heavy atom. The summed E-state index contributed by atoms with van der Waals surface area (Å²) in [7, 11) is 0. The van der Waals surface area contributed by atoms with Crippen LogP contribution in [0.2, 0.25) is 0 Å². The summed E-state index contributed by atoms with van der Waals surface area (Å²) in [5, 5.41) is 19.1. The van der Waals surface area contributed by atoms with Crippen LogP contribution in [-0.4, -0.2) is 26.3 Å². The van der Waals surface area contributed by atoms with E-state index in [1.807, 2.05) is 0 Å². The van der Waals surface area contributed by atoms with Gasteiger partial charge in [-0.3, -0.25) is 15.2 Å². The first kappa shape index (κ1) is 12.5. The van der Waals surface area contributed by atoms with Gasteiger partial charge in [0.2, 0.25) is 0 Å². The maximum atomic E-state index is 11.2. The van der Waals surface area contributed by atoms with Gasteiger partial charge < -0.3 is 5.11 Å². The Hall–Kier alpha value is -2.57. The molecule has 2 aromatic heterocycles. The molecule has 0 unspecified atom stereocenters. The lowest BCUT2D eigenvalue weighted by Gasteiger charge is -2.08. The lowest BCUT2D eigenvalue weighted by Crippen LogP contribution is -1.99. The Labute approximate surface area is 113 Å². The van der Waals surface area contributed by atoms with Gasteiger partial charge >= 0.3 is 5.97 Å². The third-order valence-corrected chi connectivity index (χ3v) is 3.16. The first-order valence-electron chi connectivity index (χ1n) is 5.87. The van der Waals surface area contributed by atoms with Crippen LogP contribution in [0.3, 0.4) is 0 Å². The number of carboxylic acids is 1. The van der Waals surface area contributed by atoms with E-state index in [9.17, 15) is 9.90 Å². The molecular weight excluding hydrogens is 260 g/mol. The van der Waals surface area contributed by atoms with Gasteiger partial charge in [0.05, 0.1) is 16.6 Å². The van der Waals surface area contributed by atoms with E-state index in [4.69, 9.17) is 5.26 Å².